The number of primary amides is 1. The van der Waals surface area contributed by atoms with Crippen molar-refractivity contribution in [2.24, 2.45) is 5.73 Å². The Hall–Kier alpha value is -1.11. The van der Waals surface area contributed by atoms with Gasteiger partial charge < -0.3 is 10.8 Å². The summed E-state index contributed by atoms with van der Waals surface area (Å²) < 4.78 is 0. The molecule has 1 heterocycles. The van der Waals surface area contributed by atoms with Gasteiger partial charge in [0.1, 0.15) is 6.04 Å². The number of nitrogens with two attached hydrogens (primary N) is 1. The van der Waals surface area contributed by atoms with Gasteiger partial charge in [0.2, 0.25) is 0 Å². The third-order valence-corrected chi connectivity index (χ3v) is 2.89. The number of aliphatic hydroxyl groups is 1. The zero-order valence-corrected chi connectivity index (χ0v) is 8.49. The molecule has 0 spiro atoms. The molecule has 78 valence electrons. The largest absolute Gasteiger partial charge is 0.394 e. The van der Waals surface area contributed by atoms with Gasteiger partial charge >= 0.3 is 6.03 Å². The molecule has 6 heteroatoms. The molecule has 1 aromatic rings. The molecule has 0 aliphatic carbocycles. The van der Waals surface area contributed by atoms with E-state index in [9.17, 15) is 10.0 Å². The Morgan fingerprint density at radius 3 is 2.71 bits per heavy atom. The highest BCUT2D eigenvalue weighted by Crippen LogP contribution is 2.25. The average molecular weight is 216 g/mol. The molecule has 0 aromatic carbocycles. The lowest BCUT2D eigenvalue weighted by Gasteiger charge is -2.20. The fourth-order valence-electron chi connectivity index (χ4n) is 1.07. The van der Waals surface area contributed by atoms with Crippen molar-refractivity contribution in [3.05, 3.63) is 21.9 Å². The van der Waals surface area contributed by atoms with Crippen LogP contribution in [0.1, 0.15) is 15.8 Å². The number of nitrogens with zero attached hydrogens (tertiary/aromatic N) is 1. The number of hydroxylamine groups is 2. The summed E-state index contributed by atoms with van der Waals surface area (Å²) in [7, 11) is 0. The number of carbonyl (C=O) groups excluding carboxylic acids is 1. The second-order valence-electron chi connectivity index (χ2n) is 2.83. The van der Waals surface area contributed by atoms with Crippen LogP contribution in [0.5, 0.6) is 0 Å². The standard InChI is InChI=1S/C8H12N2O3S/c1-5-2-3-7(14-5)6(4-11)10(13)8(9)12/h2-3,6,11,13H,4H2,1H3,(H2,9,12). The Morgan fingerprint density at radius 1 is 1.71 bits per heavy atom. The van der Waals surface area contributed by atoms with Crippen molar-refractivity contribution < 1.29 is 15.1 Å². The lowest BCUT2D eigenvalue weighted by molar-refractivity contribution is -0.0885. The molecular formula is C8H12N2O3S. The Balaban J connectivity index is 2.86. The maximum Gasteiger partial charge on any atom is 0.339 e. The van der Waals surface area contributed by atoms with Crippen LogP contribution in [0.2, 0.25) is 0 Å². The molecule has 1 rings (SSSR count). The van der Waals surface area contributed by atoms with Crippen molar-refractivity contribution in [3.63, 3.8) is 0 Å². The maximum atomic E-state index is 10.7. The first-order chi connectivity index (χ1) is 6.56. The van der Waals surface area contributed by atoms with Crippen LogP contribution in [0.25, 0.3) is 0 Å². The number of hydrogen-bond acceptors (Lipinski definition) is 4. The molecule has 0 radical (unpaired) electrons. The van der Waals surface area contributed by atoms with Gasteiger partial charge in [-0.3, -0.25) is 5.21 Å². The number of aryl methyl sites for hydroxylation is 1. The highest BCUT2D eigenvalue weighted by molar-refractivity contribution is 7.12. The second-order valence-corrected chi connectivity index (χ2v) is 4.15. The van der Waals surface area contributed by atoms with Crippen LogP contribution in [-0.2, 0) is 0 Å². The minimum absolute atomic E-state index is 0.339. The van der Waals surface area contributed by atoms with Gasteiger partial charge in [-0.05, 0) is 19.1 Å². The number of hydrogen-bond donors (Lipinski definition) is 3. The van der Waals surface area contributed by atoms with Crippen molar-refractivity contribution >= 4 is 17.4 Å². The average Bonchev–Trinajstić information content (AvgIpc) is 2.53. The summed E-state index contributed by atoms with van der Waals surface area (Å²) in [5, 5.41) is 18.6. The fourth-order valence-corrected chi connectivity index (χ4v) is 2.03. The molecule has 14 heavy (non-hydrogen) atoms. The van der Waals surface area contributed by atoms with Crippen LogP contribution < -0.4 is 5.73 Å². The fraction of sp³-hybridized carbons (Fsp3) is 0.375. The Bertz CT molecular complexity index is 326. The first-order valence-electron chi connectivity index (χ1n) is 4.01. The summed E-state index contributed by atoms with van der Waals surface area (Å²) in [6.07, 6.45) is 0. The van der Waals surface area contributed by atoms with Gasteiger partial charge in [-0.2, -0.15) is 5.06 Å². The Morgan fingerprint density at radius 2 is 2.36 bits per heavy atom. The van der Waals surface area contributed by atoms with Crippen LogP contribution >= 0.6 is 11.3 Å². The van der Waals surface area contributed by atoms with Crippen molar-refractivity contribution in [2.75, 3.05) is 6.61 Å². The highest BCUT2D eigenvalue weighted by atomic mass is 32.1. The first-order valence-corrected chi connectivity index (χ1v) is 4.82. The van der Waals surface area contributed by atoms with Crippen molar-refractivity contribution in [1.29, 1.82) is 0 Å². The van der Waals surface area contributed by atoms with Crippen LogP contribution in [0, 0.1) is 6.92 Å². The van der Waals surface area contributed by atoms with E-state index in [0.29, 0.717) is 9.94 Å². The zero-order chi connectivity index (χ0) is 10.7. The topological polar surface area (TPSA) is 86.8 Å². The minimum atomic E-state index is -0.977. The van der Waals surface area contributed by atoms with E-state index in [0.717, 1.165) is 4.88 Å². The minimum Gasteiger partial charge on any atom is -0.394 e. The molecule has 4 N–H and O–H groups in total. The molecule has 0 aliphatic heterocycles. The number of aliphatic hydroxyl groups excluding tert-OH is 1. The molecule has 0 bridgehead atoms. The van der Waals surface area contributed by atoms with Crippen LogP contribution in [0.3, 0.4) is 0 Å². The SMILES string of the molecule is Cc1ccc(C(CO)N(O)C(N)=O)s1. The molecule has 1 unspecified atom stereocenters. The lowest BCUT2D eigenvalue weighted by atomic mass is 10.2. The summed E-state index contributed by atoms with van der Waals surface area (Å²) in [4.78, 5) is 12.4. The quantitative estimate of drug-likeness (QED) is 0.517. The Labute approximate surface area is 85.3 Å². The molecule has 0 saturated heterocycles. The summed E-state index contributed by atoms with van der Waals surface area (Å²) in [5.74, 6) is 0. The van der Waals surface area contributed by atoms with Gasteiger partial charge in [0, 0.05) is 9.75 Å². The predicted molar refractivity (Wildman–Crippen MR) is 52.1 cm³/mol. The predicted octanol–water partition coefficient (Wildman–Crippen LogP) is 0.860. The summed E-state index contributed by atoms with van der Waals surface area (Å²) in [6, 6.07) is 1.84. The van der Waals surface area contributed by atoms with E-state index in [1.54, 1.807) is 6.07 Å². The molecule has 2 amide bonds. The normalized spacial score (nSPS) is 12.5. The van der Waals surface area contributed by atoms with Gasteiger partial charge in [0.05, 0.1) is 6.61 Å². The lowest BCUT2D eigenvalue weighted by Crippen LogP contribution is -2.37. The number of carbonyl (C=O) groups is 1. The molecule has 1 atom stereocenters. The van der Waals surface area contributed by atoms with Crippen molar-refractivity contribution in [2.45, 2.75) is 13.0 Å². The number of urea groups is 1. The van der Waals surface area contributed by atoms with E-state index in [1.807, 2.05) is 13.0 Å². The molecule has 5 nitrogen and oxygen atoms in total. The molecule has 0 saturated carbocycles. The van der Waals surface area contributed by atoms with E-state index in [4.69, 9.17) is 10.8 Å². The van der Waals surface area contributed by atoms with Crippen molar-refractivity contribution in [3.8, 4) is 0 Å². The van der Waals surface area contributed by atoms with Crippen LogP contribution in [0.15, 0.2) is 12.1 Å². The van der Waals surface area contributed by atoms with Gasteiger partial charge in [0.15, 0.2) is 0 Å². The third kappa shape index (κ3) is 2.22. The number of thiophene rings is 1. The third-order valence-electron chi connectivity index (χ3n) is 1.78. The molecule has 0 aliphatic rings. The van der Waals surface area contributed by atoms with Gasteiger partial charge in [0.25, 0.3) is 0 Å². The van der Waals surface area contributed by atoms with Crippen molar-refractivity contribution in [1.82, 2.24) is 5.06 Å². The van der Waals surface area contributed by atoms with Crippen LogP contribution in [0.4, 0.5) is 4.79 Å². The number of rotatable bonds is 3. The van der Waals surface area contributed by atoms with Gasteiger partial charge in [-0.1, -0.05) is 0 Å². The summed E-state index contributed by atoms with van der Waals surface area (Å²) >= 11 is 1.40. The Kier molecular flexibility index (Phi) is 3.45. The molecular weight excluding hydrogens is 204 g/mol. The highest BCUT2D eigenvalue weighted by Gasteiger charge is 2.22. The van der Waals surface area contributed by atoms with E-state index >= 15 is 0 Å². The first kappa shape index (κ1) is 11.0. The summed E-state index contributed by atoms with van der Waals surface area (Å²) in [6.45, 7) is 1.54. The van der Waals surface area contributed by atoms with Gasteiger partial charge in [-0.15, -0.1) is 11.3 Å². The summed E-state index contributed by atoms with van der Waals surface area (Å²) in [5.41, 5.74) is 4.89. The van der Waals surface area contributed by atoms with E-state index in [1.165, 1.54) is 11.3 Å². The smallest absolute Gasteiger partial charge is 0.339 e. The maximum absolute atomic E-state index is 10.7. The van der Waals surface area contributed by atoms with Crippen LogP contribution in [-0.4, -0.2) is 28.0 Å². The monoisotopic (exact) mass is 216 g/mol. The van der Waals surface area contributed by atoms with E-state index in [2.05, 4.69) is 0 Å². The number of amides is 2. The molecule has 1 aromatic heterocycles. The van der Waals surface area contributed by atoms with E-state index in [-0.39, 0.29) is 6.61 Å². The second kappa shape index (κ2) is 4.41. The van der Waals surface area contributed by atoms with Gasteiger partial charge in [-0.25, -0.2) is 4.79 Å². The zero-order valence-electron chi connectivity index (χ0n) is 7.67. The molecule has 0 fully saturated rings. The van der Waals surface area contributed by atoms with E-state index < -0.39 is 12.1 Å².